The second-order valence-corrected chi connectivity index (χ2v) is 5.56. The number of nitrogens with two attached hydrogens (primary N) is 1. The number of rotatable bonds is 7. The van der Waals surface area contributed by atoms with Gasteiger partial charge in [-0.15, -0.1) is 12.4 Å². The molecular weight excluding hydrogens is 302 g/mol. The van der Waals surface area contributed by atoms with E-state index in [-0.39, 0.29) is 36.8 Å². The molecule has 0 saturated heterocycles. The summed E-state index contributed by atoms with van der Waals surface area (Å²) in [6.07, 6.45) is 0.756. The Morgan fingerprint density at radius 3 is 2.36 bits per heavy atom. The molecule has 124 valence electrons. The molecule has 0 aliphatic carbocycles. The van der Waals surface area contributed by atoms with Crippen molar-refractivity contribution in [3.8, 4) is 0 Å². The van der Waals surface area contributed by atoms with Crippen LogP contribution < -0.4 is 11.1 Å². The molecule has 3 N–H and O–H groups in total. The number of nitrogens with zero attached hydrogens (tertiary/aromatic N) is 1. The van der Waals surface area contributed by atoms with Crippen LogP contribution in [0.3, 0.4) is 0 Å². The maximum absolute atomic E-state index is 11.9. The van der Waals surface area contributed by atoms with Gasteiger partial charge in [0.1, 0.15) is 0 Å². The normalized spacial score (nSPS) is 11.5. The van der Waals surface area contributed by atoms with Gasteiger partial charge in [0.2, 0.25) is 5.91 Å². The fraction of sp³-hybridized carbons (Fsp3) is 0.500. The lowest BCUT2D eigenvalue weighted by Gasteiger charge is -2.21. The SMILES string of the molecule is CC(C)C(N)CCN(C)C(=O)CNC(=O)c1ccccc1.Cl. The number of halogens is 1. The zero-order valence-corrected chi connectivity index (χ0v) is 14.2. The number of benzene rings is 1. The molecule has 1 aromatic carbocycles. The number of likely N-dealkylation sites (N-methyl/N-ethyl adjacent to an activating group) is 1. The lowest BCUT2D eigenvalue weighted by molar-refractivity contribution is -0.128. The topological polar surface area (TPSA) is 75.4 Å². The Balaban J connectivity index is 0.00000441. The molecule has 22 heavy (non-hydrogen) atoms. The molecule has 6 heteroatoms. The fourth-order valence-electron chi connectivity index (χ4n) is 1.78. The van der Waals surface area contributed by atoms with E-state index in [1.165, 1.54) is 0 Å². The van der Waals surface area contributed by atoms with Crippen LogP contribution in [0.2, 0.25) is 0 Å². The molecule has 0 spiro atoms. The second kappa shape index (κ2) is 10.2. The maximum atomic E-state index is 11.9. The molecule has 2 amide bonds. The van der Waals surface area contributed by atoms with E-state index in [9.17, 15) is 9.59 Å². The first kappa shape index (κ1) is 20.4. The Morgan fingerprint density at radius 2 is 1.82 bits per heavy atom. The van der Waals surface area contributed by atoms with Crippen molar-refractivity contribution in [1.82, 2.24) is 10.2 Å². The minimum absolute atomic E-state index is 0. The number of carbonyl (C=O) groups is 2. The summed E-state index contributed by atoms with van der Waals surface area (Å²) in [6, 6.07) is 8.93. The fourth-order valence-corrected chi connectivity index (χ4v) is 1.78. The van der Waals surface area contributed by atoms with Gasteiger partial charge in [-0.3, -0.25) is 9.59 Å². The maximum Gasteiger partial charge on any atom is 0.251 e. The number of nitrogens with one attached hydrogen (secondary N) is 1. The van der Waals surface area contributed by atoms with E-state index < -0.39 is 0 Å². The van der Waals surface area contributed by atoms with Crippen LogP contribution in [0.25, 0.3) is 0 Å². The van der Waals surface area contributed by atoms with Gasteiger partial charge in [0.15, 0.2) is 0 Å². The average Bonchev–Trinajstić information content (AvgIpc) is 2.50. The molecule has 0 saturated carbocycles. The highest BCUT2D eigenvalue weighted by atomic mass is 35.5. The molecule has 0 bridgehead atoms. The third-order valence-corrected chi connectivity index (χ3v) is 3.52. The standard InChI is InChI=1S/C16H25N3O2.ClH/c1-12(2)14(17)9-10-19(3)15(20)11-18-16(21)13-7-5-4-6-8-13;/h4-8,12,14H,9-11,17H2,1-3H3,(H,18,21);1H. The first-order valence-corrected chi connectivity index (χ1v) is 7.24. The first-order chi connectivity index (χ1) is 9.91. The highest BCUT2D eigenvalue weighted by Gasteiger charge is 2.14. The van der Waals surface area contributed by atoms with Gasteiger partial charge in [-0.2, -0.15) is 0 Å². The summed E-state index contributed by atoms with van der Waals surface area (Å²) >= 11 is 0. The highest BCUT2D eigenvalue weighted by Crippen LogP contribution is 2.03. The molecule has 0 aliphatic rings. The van der Waals surface area contributed by atoms with Gasteiger partial charge in [0, 0.05) is 25.2 Å². The second-order valence-electron chi connectivity index (χ2n) is 5.56. The third-order valence-electron chi connectivity index (χ3n) is 3.52. The van der Waals surface area contributed by atoms with Crippen LogP contribution in [0.4, 0.5) is 0 Å². The van der Waals surface area contributed by atoms with Gasteiger partial charge in [-0.05, 0) is 24.5 Å². The van der Waals surface area contributed by atoms with Crippen molar-refractivity contribution in [3.05, 3.63) is 35.9 Å². The van der Waals surface area contributed by atoms with Crippen molar-refractivity contribution >= 4 is 24.2 Å². The van der Waals surface area contributed by atoms with E-state index in [1.54, 1.807) is 36.2 Å². The molecular formula is C16H26ClN3O2. The summed E-state index contributed by atoms with van der Waals surface area (Å²) in [4.78, 5) is 25.4. The summed E-state index contributed by atoms with van der Waals surface area (Å²) in [6.45, 7) is 4.72. The molecule has 0 heterocycles. The molecule has 1 rings (SSSR count). The van der Waals surface area contributed by atoms with E-state index in [4.69, 9.17) is 5.73 Å². The summed E-state index contributed by atoms with van der Waals surface area (Å²) in [5.74, 6) is 0.0396. The van der Waals surface area contributed by atoms with Crippen LogP contribution in [0.5, 0.6) is 0 Å². The van der Waals surface area contributed by atoms with Crippen LogP contribution in [0.15, 0.2) is 30.3 Å². The quantitative estimate of drug-likeness (QED) is 0.800. The Hall–Kier alpha value is -1.59. The van der Waals surface area contributed by atoms with E-state index in [0.717, 1.165) is 6.42 Å². The summed E-state index contributed by atoms with van der Waals surface area (Å²) < 4.78 is 0. The molecule has 1 atom stereocenters. The van der Waals surface area contributed by atoms with Crippen molar-refractivity contribution < 1.29 is 9.59 Å². The monoisotopic (exact) mass is 327 g/mol. The van der Waals surface area contributed by atoms with Crippen LogP contribution in [-0.2, 0) is 4.79 Å². The molecule has 0 fully saturated rings. The summed E-state index contributed by atoms with van der Waals surface area (Å²) in [5, 5.41) is 2.63. The molecule has 0 aromatic heterocycles. The smallest absolute Gasteiger partial charge is 0.251 e. The van der Waals surface area contributed by atoms with E-state index in [2.05, 4.69) is 19.2 Å². The van der Waals surface area contributed by atoms with Crippen LogP contribution in [0.1, 0.15) is 30.6 Å². The third kappa shape index (κ3) is 6.91. The molecule has 1 unspecified atom stereocenters. The largest absolute Gasteiger partial charge is 0.344 e. The first-order valence-electron chi connectivity index (χ1n) is 7.24. The average molecular weight is 328 g/mol. The van der Waals surface area contributed by atoms with Gasteiger partial charge < -0.3 is 16.0 Å². The van der Waals surface area contributed by atoms with Gasteiger partial charge >= 0.3 is 0 Å². The zero-order valence-electron chi connectivity index (χ0n) is 13.4. The summed E-state index contributed by atoms with van der Waals surface area (Å²) in [7, 11) is 1.73. The zero-order chi connectivity index (χ0) is 15.8. The lowest BCUT2D eigenvalue weighted by atomic mass is 10.0. The van der Waals surface area contributed by atoms with Crippen molar-refractivity contribution in [2.45, 2.75) is 26.3 Å². The van der Waals surface area contributed by atoms with Crippen molar-refractivity contribution in [2.24, 2.45) is 11.7 Å². The van der Waals surface area contributed by atoms with E-state index in [0.29, 0.717) is 18.0 Å². The molecule has 0 radical (unpaired) electrons. The predicted molar refractivity (Wildman–Crippen MR) is 91.1 cm³/mol. The minimum atomic E-state index is -0.240. The van der Waals surface area contributed by atoms with Crippen molar-refractivity contribution in [1.29, 1.82) is 0 Å². The highest BCUT2D eigenvalue weighted by molar-refractivity contribution is 5.96. The minimum Gasteiger partial charge on any atom is -0.344 e. The Kier molecular flexibility index (Phi) is 9.45. The predicted octanol–water partition coefficient (Wildman–Crippen LogP) is 1.67. The Morgan fingerprint density at radius 1 is 1.23 bits per heavy atom. The van der Waals surface area contributed by atoms with Crippen LogP contribution in [0, 0.1) is 5.92 Å². The summed E-state index contributed by atoms with van der Waals surface area (Å²) in [5.41, 5.74) is 6.51. The van der Waals surface area contributed by atoms with Crippen molar-refractivity contribution in [3.63, 3.8) is 0 Å². The number of hydrogen-bond acceptors (Lipinski definition) is 3. The Bertz CT molecular complexity index is 466. The van der Waals surface area contributed by atoms with Gasteiger partial charge in [-0.1, -0.05) is 32.0 Å². The van der Waals surface area contributed by atoms with E-state index >= 15 is 0 Å². The van der Waals surface area contributed by atoms with Crippen LogP contribution in [-0.4, -0.2) is 42.9 Å². The van der Waals surface area contributed by atoms with E-state index in [1.807, 2.05) is 6.07 Å². The molecule has 5 nitrogen and oxygen atoms in total. The van der Waals surface area contributed by atoms with Crippen LogP contribution >= 0.6 is 12.4 Å². The van der Waals surface area contributed by atoms with Gasteiger partial charge in [0.05, 0.1) is 6.54 Å². The Labute approximate surface area is 138 Å². The van der Waals surface area contributed by atoms with Gasteiger partial charge in [0.25, 0.3) is 5.91 Å². The number of carbonyl (C=O) groups excluding carboxylic acids is 2. The molecule has 1 aromatic rings. The number of hydrogen-bond donors (Lipinski definition) is 2. The van der Waals surface area contributed by atoms with Crippen molar-refractivity contribution in [2.75, 3.05) is 20.1 Å². The molecule has 0 aliphatic heterocycles. The van der Waals surface area contributed by atoms with Gasteiger partial charge in [-0.25, -0.2) is 0 Å². The number of amides is 2. The lowest BCUT2D eigenvalue weighted by Crippen LogP contribution is -2.40.